The molecule has 0 radical (unpaired) electrons. The van der Waals surface area contributed by atoms with E-state index in [1.54, 1.807) is 0 Å². The Morgan fingerprint density at radius 2 is 0.843 bits per heavy atom. The molecule has 1 heterocycles. The number of nitrogens with zero attached hydrogens (tertiary/aromatic N) is 1. The summed E-state index contributed by atoms with van der Waals surface area (Å²) < 4.78 is 2.66. The lowest BCUT2D eigenvalue weighted by Gasteiger charge is -2.29. The van der Waals surface area contributed by atoms with Crippen LogP contribution in [0.15, 0.2) is 176 Å². The van der Waals surface area contributed by atoms with Gasteiger partial charge in [-0.15, -0.1) is 11.3 Å². The zero-order chi connectivity index (χ0) is 34.1. The molecule has 0 unspecified atom stereocenters. The van der Waals surface area contributed by atoms with Crippen LogP contribution in [0.1, 0.15) is 0 Å². The van der Waals surface area contributed by atoms with E-state index in [0.29, 0.717) is 0 Å². The molecule has 0 saturated carbocycles. The monoisotopic (exact) mass is 685 g/mol. The minimum Gasteiger partial charge on any atom is -0.309 e. The van der Waals surface area contributed by atoms with Gasteiger partial charge in [-0.3, -0.25) is 0 Å². The van der Waals surface area contributed by atoms with Gasteiger partial charge in [-0.2, -0.15) is 0 Å². The quantitative estimate of drug-likeness (QED) is 0.129. The fourth-order valence-electron chi connectivity index (χ4n) is 8.16. The number of benzene rings is 9. The van der Waals surface area contributed by atoms with E-state index in [2.05, 4.69) is 194 Å². The summed E-state index contributed by atoms with van der Waals surface area (Å²) in [6, 6.07) is 65.5. The Balaban J connectivity index is 1.24. The van der Waals surface area contributed by atoms with Crippen LogP contribution in [0, 0.1) is 0 Å². The van der Waals surface area contributed by atoms with Crippen LogP contribution in [0.3, 0.4) is 0 Å². The predicted molar refractivity (Wildman–Crippen MR) is 227 cm³/mol. The molecule has 1 nitrogen and oxygen atoms in total. The summed E-state index contributed by atoms with van der Waals surface area (Å²) in [5, 5.41) is 15.6. The predicted octanol–water partition coefficient (Wildman–Crippen LogP) is 13.0. The number of rotatable bonds is 5. The van der Waals surface area contributed by atoms with Crippen molar-refractivity contribution in [1.82, 2.24) is 0 Å². The van der Waals surface area contributed by atoms with E-state index in [1.807, 2.05) is 11.3 Å². The summed E-state index contributed by atoms with van der Waals surface area (Å²) in [5.74, 6) is 0. The molecule has 0 bridgehead atoms. The van der Waals surface area contributed by atoms with E-state index in [0.717, 1.165) is 5.69 Å². The molecule has 0 atom stereocenters. The first kappa shape index (κ1) is 30.1. The third-order valence-electron chi connectivity index (χ3n) is 10.9. The van der Waals surface area contributed by atoms with E-state index >= 15 is 0 Å². The van der Waals surface area contributed by atoms with Crippen LogP contribution < -0.4 is 15.3 Å². The van der Waals surface area contributed by atoms with Crippen LogP contribution in [-0.2, 0) is 0 Å². The van der Waals surface area contributed by atoms with Crippen molar-refractivity contribution in [3.63, 3.8) is 0 Å². The Morgan fingerprint density at radius 1 is 0.373 bits per heavy atom. The van der Waals surface area contributed by atoms with Gasteiger partial charge in [0.25, 0.3) is 0 Å². The second-order valence-electron chi connectivity index (χ2n) is 14.1. The van der Waals surface area contributed by atoms with Crippen LogP contribution in [0.4, 0.5) is 17.1 Å². The fraction of sp³-hybridized carbons (Fsp3) is 0.0417. The maximum atomic E-state index is 2.52. The molecular weight excluding hydrogens is 651 g/mol. The summed E-state index contributed by atoms with van der Waals surface area (Å²) in [7, 11) is -1.84. The second kappa shape index (κ2) is 11.7. The van der Waals surface area contributed by atoms with E-state index in [4.69, 9.17) is 0 Å². The van der Waals surface area contributed by atoms with Crippen LogP contribution in [0.25, 0.3) is 63.3 Å². The average molecular weight is 686 g/mol. The zero-order valence-corrected chi connectivity index (χ0v) is 30.4. The largest absolute Gasteiger partial charge is 0.309 e. The van der Waals surface area contributed by atoms with Crippen molar-refractivity contribution >= 4 is 110 Å². The Morgan fingerprint density at radius 3 is 1.43 bits per heavy atom. The van der Waals surface area contributed by atoms with Gasteiger partial charge in [-0.1, -0.05) is 169 Å². The van der Waals surface area contributed by atoms with Crippen molar-refractivity contribution in [3.8, 4) is 0 Å². The number of anilines is 3. The summed E-state index contributed by atoms with van der Waals surface area (Å²) in [4.78, 5) is 2.52. The molecule has 0 aliphatic rings. The molecule has 1 aromatic heterocycles. The number of fused-ring (bicyclic) bond motifs is 9. The first-order chi connectivity index (χ1) is 25.0. The van der Waals surface area contributed by atoms with E-state index in [-0.39, 0.29) is 0 Å². The molecule has 242 valence electrons. The Labute approximate surface area is 302 Å². The molecule has 0 amide bonds. The maximum absolute atomic E-state index is 2.52. The van der Waals surface area contributed by atoms with Gasteiger partial charge in [0, 0.05) is 36.6 Å². The summed E-state index contributed by atoms with van der Waals surface area (Å²) in [5.41, 5.74) is 3.53. The minimum absolute atomic E-state index is 1.16. The summed E-state index contributed by atoms with van der Waals surface area (Å²) in [6.45, 7) is 4.93. The van der Waals surface area contributed by atoms with Crippen molar-refractivity contribution in [3.05, 3.63) is 176 Å². The molecular formula is C48H35NSSi. The molecule has 9 aromatic carbocycles. The second-order valence-corrected chi connectivity index (χ2v) is 19.6. The van der Waals surface area contributed by atoms with Gasteiger partial charge >= 0.3 is 0 Å². The van der Waals surface area contributed by atoms with Gasteiger partial charge in [-0.05, 0) is 62.6 Å². The van der Waals surface area contributed by atoms with Crippen LogP contribution in [0.2, 0.25) is 13.1 Å². The maximum Gasteiger partial charge on any atom is 0.112 e. The lowest BCUT2D eigenvalue weighted by Crippen LogP contribution is -2.52. The average Bonchev–Trinajstić information content (AvgIpc) is 3.56. The standard InChI is InChI=1S/C48H35NSSi/c1-51(2,35-16-4-3-5-17-35)36-25-27-44-43-26-24-34(30-47(43)50-48(44)31-36)49(45-28-32-14-6-8-18-37(32)39-20-10-12-22-41(39)45)46-29-33-15-7-9-19-38(33)40-21-11-13-23-42(40)46/h3-31H,1-2H3. The highest BCUT2D eigenvalue weighted by Gasteiger charge is 2.27. The molecule has 10 rings (SSSR count). The Kier molecular flexibility index (Phi) is 6.89. The number of hydrogen-bond acceptors (Lipinski definition) is 2. The van der Waals surface area contributed by atoms with Gasteiger partial charge in [0.15, 0.2) is 0 Å². The third-order valence-corrected chi connectivity index (χ3v) is 15.6. The third kappa shape index (κ3) is 4.80. The van der Waals surface area contributed by atoms with Crippen LogP contribution >= 0.6 is 11.3 Å². The first-order valence-electron chi connectivity index (χ1n) is 17.7. The van der Waals surface area contributed by atoms with Gasteiger partial charge in [-0.25, -0.2) is 0 Å². The SMILES string of the molecule is C[Si](C)(c1ccccc1)c1ccc2c(c1)sc1cc(N(c3cc4ccccc4c4ccccc34)c3cc4ccccc4c4ccccc34)ccc12. The molecule has 51 heavy (non-hydrogen) atoms. The Hall–Kier alpha value is -5.74. The molecule has 0 N–H and O–H groups in total. The normalized spacial score (nSPS) is 12.1. The van der Waals surface area contributed by atoms with Gasteiger partial charge in [0.2, 0.25) is 0 Å². The van der Waals surface area contributed by atoms with Crippen LogP contribution in [-0.4, -0.2) is 8.07 Å². The highest BCUT2D eigenvalue weighted by atomic mass is 32.1. The van der Waals surface area contributed by atoms with E-state index in [9.17, 15) is 0 Å². The molecule has 0 spiro atoms. The highest BCUT2D eigenvalue weighted by molar-refractivity contribution is 7.26. The molecule has 0 aliphatic carbocycles. The molecule has 0 aliphatic heterocycles. The van der Waals surface area contributed by atoms with Crippen molar-refractivity contribution in [2.75, 3.05) is 4.90 Å². The van der Waals surface area contributed by atoms with Gasteiger partial charge in [0.05, 0.1) is 11.4 Å². The zero-order valence-electron chi connectivity index (χ0n) is 28.6. The van der Waals surface area contributed by atoms with Crippen LogP contribution in [0.5, 0.6) is 0 Å². The fourth-order valence-corrected chi connectivity index (χ4v) is 11.8. The first-order valence-corrected chi connectivity index (χ1v) is 21.5. The van der Waals surface area contributed by atoms with Crippen molar-refractivity contribution in [1.29, 1.82) is 0 Å². The van der Waals surface area contributed by atoms with Crippen molar-refractivity contribution < 1.29 is 0 Å². The van der Waals surface area contributed by atoms with Crippen molar-refractivity contribution in [2.24, 2.45) is 0 Å². The minimum atomic E-state index is -1.84. The van der Waals surface area contributed by atoms with E-state index < -0.39 is 8.07 Å². The Bertz CT molecular complexity index is 2840. The lowest BCUT2D eigenvalue weighted by molar-refractivity contribution is 1.33. The topological polar surface area (TPSA) is 3.24 Å². The summed E-state index contributed by atoms with van der Waals surface area (Å²) >= 11 is 1.92. The summed E-state index contributed by atoms with van der Waals surface area (Å²) in [6.07, 6.45) is 0. The van der Waals surface area contributed by atoms with Gasteiger partial charge in [0.1, 0.15) is 8.07 Å². The smallest absolute Gasteiger partial charge is 0.112 e. The number of hydrogen-bond donors (Lipinski definition) is 0. The van der Waals surface area contributed by atoms with Crippen molar-refractivity contribution in [2.45, 2.75) is 13.1 Å². The molecule has 0 fully saturated rings. The molecule has 10 aromatic rings. The lowest BCUT2D eigenvalue weighted by atomic mass is 9.96. The molecule has 0 saturated heterocycles. The van der Waals surface area contributed by atoms with E-state index in [1.165, 1.54) is 85.0 Å². The molecule has 3 heteroatoms. The number of thiophene rings is 1. The highest BCUT2D eigenvalue weighted by Crippen LogP contribution is 2.47. The van der Waals surface area contributed by atoms with Gasteiger partial charge < -0.3 is 4.90 Å².